The Morgan fingerprint density at radius 2 is 1.76 bits per heavy atom. The van der Waals surface area contributed by atoms with E-state index >= 15 is 0 Å². The second kappa shape index (κ2) is 8.70. The van der Waals surface area contributed by atoms with Crippen molar-refractivity contribution in [3.8, 4) is 0 Å². The second-order valence-electron chi connectivity index (χ2n) is 4.95. The van der Waals surface area contributed by atoms with Crippen LogP contribution in [0.15, 0.2) is 54.6 Å². The fraction of sp³-hybridized carbons (Fsp3) is 0.0556. The van der Waals surface area contributed by atoms with Crippen LogP contribution in [0.4, 0.5) is 10.1 Å². The van der Waals surface area contributed by atoms with E-state index in [1.54, 1.807) is 36.4 Å². The van der Waals surface area contributed by atoms with Gasteiger partial charge in [-0.25, -0.2) is 4.39 Å². The van der Waals surface area contributed by atoms with Crippen LogP contribution in [0.2, 0.25) is 0 Å². The Bertz CT molecular complexity index is 819. The number of hydrogen-bond donors (Lipinski definition) is 3. The molecule has 0 aliphatic carbocycles. The molecule has 0 saturated carbocycles. The third kappa shape index (κ3) is 5.50. The van der Waals surface area contributed by atoms with Crippen molar-refractivity contribution in [3.63, 3.8) is 0 Å². The number of thiocarbonyl (C=S) groups is 1. The summed E-state index contributed by atoms with van der Waals surface area (Å²) in [6.07, 6.45) is 2.82. The highest BCUT2D eigenvalue weighted by Crippen LogP contribution is 2.14. The Labute approximate surface area is 149 Å². The number of carbonyl (C=O) groups is 2. The number of halogens is 1. The molecule has 5 nitrogen and oxygen atoms in total. The minimum absolute atomic E-state index is 0.0603. The van der Waals surface area contributed by atoms with E-state index in [1.807, 2.05) is 0 Å². The molecule has 0 aliphatic heterocycles. The number of hydrogen-bond acceptors (Lipinski definition) is 3. The number of amides is 2. The lowest BCUT2D eigenvalue weighted by Gasteiger charge is -2.11. The number of nitrogens with one attached hydrogen (secondary N) is 3. The van der Waals surface area contributed by atoms with Gasteiger partial charge < -0.3 is 10.6 Å². The molecule has 0 saturated heterocycles. The third-order valence-electron chi connectivity index (χ3n) is 3.18. The quantitative estimate of drug-likeness (QED) is 0.581. The monoisotopic (exact) mass is 357 g/mol. The Morgan fingerprint density at radius 3 is 2.44 bits per heavy atom. The van der Waals surface area contributed by atoms with Crippen molar-refractivity contribution in [3.05, 3.63) is 71.6 Å². The van der Waals surface area contributed by atoms with Crippen LogP contribution in [-0.2, 0) is 4.79 Å². The first kappa shape index (κ1) is 18.3. The van der Waals surface area contributed by atoms with E-state index in [0.717, 1.165) is 0 Å². The fourth-order valence-electron chi connectivity index (χ4n) is 1.98. The zero-order chi connectivity index (χ0) is 18.2. The van der Waals surface area contributed by atoms with Crippen LogP contribution in [0.25, 0.3) is 6.08 Å². The van der Waals surface area contributed by atoms with Crippen LogP contribution >= 0.6 is 12.2 Å². The first-order valence-corrected chi connectivity index (χ1v) is 7.77. The van der Waals surface area contributed by atoms with E-state index in [1.165, 1.54) is 31.3 Å². The summed E-state index contributed by atoms with van der Waals surface area (Å²) in [6.45, 7) is 0. The van der Waals surface area contributed by atoms with Gasteiger partial charge in [0.1, 0.15) is 5.82 Å². The molecule has 0 aliphatic rings. The number of carbonyl (C=O) groups excluding carboxylic acids is 2. The summed E-state index contributed by atoms with van der Waals surface area (Å²) in [5.74, 6) is -1.06. The summed E-state index contributed by atoms with van der Waals surface area (Å²) in [5.41, 5.74) is 1.57. The number of para-hydroxylation sites is 1. The Morgan fingerprint density at radius 1 is 1.08 bits per heavy atom. The van der Waals surface area contributed by atoms with Gasteiger partial charge in [0.2, 0.25) is 5.91 Å². The molecule has 0 unspecified atom stereocenters. The van der Waals surface area contributed by atoms with E-state index in [2.05, 4.69) is 16.0 Å². The minimum Gasteiger partial charge on any atom is -0.355 e. The van der Waals surface area contributed by atoms with E-state index in [4.69, 9.17) is 12.2 Å². The molecule has 0 heterocycles. The molecular formula is C18H16FN3O2S. The van der Waals surface area contributed by atoms with E-state index in [9.17, 15) is 14.0 Å². The molecule has 0 spiro atoms. The van der Waals surface area contributed by atoms with Gasteiger partial charge in [-0.2, -0.15) is 0 Å². The lowest BCUT2D eigenvalue weighted by atomic mass is 10.1. The lowest BCUT2D eigenvalue weighted by Crippen LogP contribution is -2.33. The van der Waals surface area contributed by atoms with Gasteiger partial charge in [-0.15, -0.1) is 0 Å². The van der Waals surface area contributed by atoms with Crippen LogP contribution in [0.5, 0.6) is 0 Å². The molecule has 0 fully saturated rings. The van der Waals surface area contributed by atoms with Crippen LogP contribution in [-0.4, -0.2) is 24.0 Å². The molecule has 2 rings (SSSR count). The molecular weight excluding hydrogens is 341 g/mol. The van der Waals surface area contributed by atoms with Gasteiger partial charge >= 0.3 is 0 Å². The SMILES string of the molecule is CNC(=O)c1ccccc1NC(=S)NC(=O)/C=C/c1ccc(F)cc1. The number of benzene rings is 2. The van der Waals surface area contributed by atoms with E-state index in [0.29, 0.717) is 16.8 Å². The smallest absolute Gasteiger partial charge is 0.253 e. The van der Waals surface area contributed by atoms with Crippen LogP contribution in [0.3, 0.4) is 0 Å². The molecule has 2 aromatic carbocycles. The Hall–Kier alpha value is -3.06. The maximum absolute atomic E-state index is 12.8. The van der Waals surface area contributed by atoms with Crippen LogP contribution < -0.4 is 16.0 Å². The first-order chi connectivity index (χ1) is 12.0. The van der Waals surface area contributed by atoms with E-state index < -0.39 is 5.91 Å². The standard InChI is InChI=1S/C18H16FN3O2S/c1-20-17(24)14-4-2-3-5-15(14)21-18(25)22-16(23)11-8-12-6-9-13(19)10-7-12/h2-11H,1H3,(H,20,24)(H2,21,22,23,25)/b11-8+. The molecule has 3 N–H and O–H groups in total. The fourth-order valence-corrected chi connectivity index (χ4v) is 2.19. The predicted molar refractivity (Wildman–Crippen MR) is 99.6 cm³/mol. The number of rotatable bonds is 4. The summed E-state index contributed by atoms with van der Waals surface area (Å²) in [4.78, 5) is 23.7. The molecule has 0 radical (unpaired) electrons. The molecule has 0 bridgehead atoms. The lowest BCUT2D eigenvalue weighted by molar-refractivity contribution is -0.115. The third-order valence-corrected chi connectivity index (χ3v) is 3.38. The van der Waals surface area contributed by atoms with Gasteiger partial charge in [0.15, 0.2) is 5.11 Å². The highest BCUT2D eigenvalue weighted by Gasteiger charge is 2.10. The van der Waals surface area contributed by atoms with Crippen molar-refractivity contribution < 1.29 is 14.0 Å². The minimum atomic E-state index is -0.445. The average molecular weight is 357 g/mol. The van der Waals surface area contributed by atoms with Crippen molar-refractivity contribution in [1.29, 1.82) is 0 Å². The Kier molecular flexibility index (Phi) is 6.36. The van der Waals surface area contributed by atoms with Gasteiger partial charge in [0.05, 0.1) is 11.3 Å². The summed E-state index contributed by atoms with van der Waals surface area (Å²) in [6, 6.07) is 12.5. The van der Waals surface area contributed by atoms with Gasteiger partial charge in [-0.1, -0.05) is 24.3 Å². The van der Waals surface area contributed by atoms with Crippen LogP contribution in [0, 0.1) is 5.82 Å². The van der Waals surface area contributed by atoms with Crippen molar-refractivity contribution in [2.45, 2.75) is 0 Å². The summed E-state index contributed by atoms with van der Waals surface area (Å²) in [7, 11) is 1.53. The Balaban J connectivity index is 1.97. The van der Waals surface area contributed by atoms with Gasteiger partial charge in [0, 0.05) is 13.1 Å². The first-order valence-electron chi connectivity index (χ1n) is 7.36. The maximum Gasteiger partial charge on any atom is 0.253 e. The topological polar surface area (TPSA) is 70.2 Å². The van der Waals surface area contributed by atoms with Gasteiger partial charge in [-0.3, -0.25) is 14.9 Å². The highest BCUT2D eigenvalue weighted by atomic mass is 32.1. The molecule has 128 valence electrons. The molecule has 2 aromatic rings. The highest BCUT2D eigenvalue weighted by molar-refractivity contribution is 7.80. The molecule has 0 atom stereocenters. The average Bonchev–Trinajstić information content (AvgIpc) is 2.61. The zero-order valence-corrected chi connectivity index (χ0v) is 14.2. The van der Waals surface area contributed by atoms with E-state index in [-0.39, 0.29) is 16.8 Å². The second-order valence-corrected chi connectivity index (χ2v) is 5.36. The summed E-state index contributed by atoms with van der Waals surface area (Å²) >= 11 is 5.08. The summed E-state index contributed by atoms with van der Waals surface area (Å²) < 4.78 is 12.8. The molecule has 2 amide bonds. The molecule has 0 aromatic heterocycles. The van der Waals surface area contributed by atoms with Gasteiger partial charge in [-0.05, 0) is 48.1 Å². The number of anilines is 1. The van der Waals surface area contributed by atoms with Crippen molar-refractivity contribution in [2.75, 3.05) is 12.4 Å². The summed E-state index contributed by atoms with van der Waals surface area (Å²) in [5, 5.41) is 7.89. The van der Waals surface area contributed by atoms with Crippen molar-refractivity contribution in [2.24, 2.45) is 0 Å². The van der Waals surface area contributed by atoms with Crippen molar-refractivity contribution >= 4 is 40.9 Å². The van der Waals surface area contributed by atoms with Crippen molar-refractivity contribution in [1.82, 2.24) is 10.6 Å². The molecule has 7 heteroatoms. The van der Waals surface area contributed by atoms with Gasteiger partial charge in [0.25, 0.3) is 5.91 Å². The van der Waals surface area contributed by atoms with Crippen LogP contribution in [0.1, 0.15) is 15.9 Å². The predicted octanol–water partition coefficient (Wildman–Crippen LogP) is 2.71. The maximum atomic E-state index is 12.8. The zero-order valence-electron chi connectivity index (χ0n) is 13.4. The molecule has 25 heavy (non-hydrogen) atoms. The largest absolute Gasteiger partial charge is 0.355 e. The normalized spacial score (nSPS) is 10.3.